The Hall–Kier alpha value is -3.14. The van der Waals surface area contributed by atoms with Gasteiger partial charge in [-0.3, -0.25) is 14.7 Å². The molecular weight excluding hydrogens is 570 g/mol. The predicted octanol–water partition coefficient (Wildman–Crippen LogP) is 7.19. The zero-order chi connectivity index (χ0) is 33.0. The minimum Gasteiger partial charge on any atom is -0.448 e. The van der Waals surface area contributed by atoms with Crippen LogP contribution in [0.15, 0.2) is 60.7 Å². The van der Waals surface area contributed by atoms with Gasteiger partial charge in [-0.05, 0) is 86.3 Å². The average molecular weight is 624 g/mol. The van der Waals surface area contributed by atoms with Crippen LogP contribution >= 0.6 is 0 Å². The lowest BCUT2D eigenvalue weighted by atomic mass is 10.0. The smallest absolute Gasteiger partial charge is 0.412 e. The van der Waals surface area contributed by atoms with Gasteiger partial charge in [0.15, 0.2) is 0 Å². The molecule has 2 aliphatic heterocycles. The highest BCUT2D eigenvalue weighted by atomic mass is 16.6. The van der Waals surface area contributed by atoms with E-state index < -0.39 is 28.6 Å². The van der Waals surface area contributed by atoms with Crippen LogP contribution in [0.4, 0.5) is 9.59 Å². The van der Waals surface area contributed by atoms with Gasteiger partial charge in [-0.1, -0.05) is 60.7 Å². The van der Waals surface area contributed by atoms with Crippen LogP contribution in [0, 0.1) is 0 Å². The van der Waals surface area contributed by atoms with E-state index in [1.165, 1.54) is 0 Å². The Bertz CT molecular complexity index is 1210. The summed E-state index contributed by atoms with van der Waals surface area (Å²) in [6, 6.07) is 20.5. The first kappa shape index (κ1) is 34.7. The first-order valence-electron chi connectivity index (χ1n) is 16.1. The van der Waals surface area contributed by atoms with Gasteiger partial charge in [0.2, 0.25) is 0 Å². The molecule has 2 aliphatic rings. The van der Waals surface area contributed by atoms with E-state index in [1.807, 2.05) is 98.7 Å². The van der Waals surface area contributed by atoms with Gasteiger partial charge in [-0.15, -0.1) is 0 Å². The van der Waals surface area contributed by atoms with E-state index in [1.54, 1.807) is 9.80 Å². The van der Waals surface area contributed by atoms with Gasteiger partial charge in [-0.2, -0.15) is 0 Å². The molecule has 0 radical (unpaired) electrons. The molecule has 9 heteroatoms. The number of amides is 2. The molecule has 248 valence electrons. The second kappa shape index (κ2) is 13.7. The second-order valence-electron chi connectivity index (χ2n) is 14.6. The van der Waals surface area contributed by atoms with E-state index >= 15 is 0 Å². The third-order valence-electron chi connectivity index (χ3n) is 8.79. The monoisotopic (exact) mass is 623 g/mol. The van der Waals surface area contributed by atoms with Crippen molar-refractivity contribution in [1.29, 1.82) is 0 Å². The highest BCUT2D eigenvalue weighted by molar-refractivity contribution is 5.70. The van der Waals surface area contributed by atoms with Crippen LogP contribution in [-0.2, 0) is 32.0 Å². The molecule has 2 aromatic carbocycles. The van der Waals surface area contributed by atoms with Gasteiger partial charge in [0, 0.05) is 19.1 Å². The van der Waals surface area contributed by atoms with Crippen LogP contribution in [0.2, 0.25) is 0 Å². The third-order valence-corrected chi connectivity index (χ3v) is 8.79. The molecule has 9 nitrogen and oxygen atoms in total. The Morgan fingerprint density at radius 3 is 1.60 bits per heavy atom. The van der Waals surface area contributed by atoms with Crippen molar-refractivity contribution in [2.24, 2.45) is 0 Å². The summed E-state index contributed by atoms with van der Waals surface area (Å²) in [6.45, 7) is 19.8. The topological polar surface area (TPSA) is 80.8 Å². The van der Waals surface area contributed by atoms with Gasteiger partial charge in [0.25, 0.3) is 0 Å². The summed E-state index contributed by atoms with van der Waals surface area (Å²) in [5.74, 6) is 0. The number of carbonyl (C=O) groups is 2. The van der Waals surface area contributed by atoms with Gasteiger partial charge in [-0.25, -0.2) is 9.59 Å². The van der Waals surface area contributed by atoms with Crippen molar-refractivity contribution in [2.75, 3.05) is 19.8 Å². The standard InChI is InChI=1S/C36H53N3O6/c1-27(45-32(41)39-34(4,5)26-44-36(39,8)9)20-21-30(24-42-31(40)38-33(2,3)25-43-35(38,6)7)37(22-28-16-12-10-13-17-28)23-29-18-14-11-15-19-29/h10-19,27,30H,20-26H2,1-9H3/t27-,30-/m0/s1. The largest absolute Gasteiger partial charge is 0.448 e. The highest BCUT2D eigenvalue weighted by Gasteiger charge is 2.51. The number of carbonyl (C=O) groups excluding carboxylic acids is 2. The first-order valence-corrected chi connectivity index (χ1v) is 16.1. The molecule has 2 atom stereocenters. The van der Waals surface area contributed by atoms with E-state index in [4.69, 9.17) is 18.9 Å². The van der Waals surface area contributed by atoms with Crippen LogP contribution in [-0.4, -0.2) is 81.4 Å². The van der Waals surface area contributed by atoms with Crippen LogP contribution in [0.25, 0.3) is 0 Å². The summed E-state index contributed by atoms with van der Waals surface area (Å²) in [4.78, 5) is 32.7. The average Bonchev–Trinajstić information content (AvgIpc) is 3.33. The Morgan fingerprint density at radius 1 is 0.733 bits per heavy atom. The first-order chi connectivity index (χ1) is 21.0. The second-order valence-corrected chi connectivity index (χ2v) is 14.6. The lowest BCUT2D eigenvalue weighted by Gasteiger charge is -2.38. The zero-order valence-corrected chi connectivity index (χ0v) is 28.7. The van der Waals surface area contributed by atoms with Crippen molar-refractivity contribution in [3.05, 3.63) is 71.8 Å². The molecule has 0 aromatic heterocycles. The molecule has 0 aliphatic carbocycles. The van der Waals surface area contributed by atoms with Crippen molar-refractivity contribution >= 4 is 12.2 Å². The lowest BCUT2D eigenvalue weighted by molar-refractivity contribution is -0.0588. The Labute approximate surface area is 269 Å². The van der Waals surface area contributed by atoms with E-state index in [9.17, 15) is 9.59 Å². The zero-order valence-electron chi connectivity index (χ0n) is 28.7. The molecule has 4 rings (SSSR count). The van der Waals surface area contributed by atoms with E-state index in [0.717, 1.165) is 11.1 Å². The highest BCUT2D eigenvalue weighted by Crippen LogP contribution is 2.36. The maximum atomic E-state index is 13.6. The van der Waals surface area contributed by atoms with Crippen molar-refractivity contribution < 1.29 is 28.5 Å². The number of ether oxygens (including phenoxy) is 4. The Kier molecular flexibility index (Phi) is 10.6. The van der Waals surface area contributed by atoms with Gasteiger partial charge >= 0.3 is 12.2 Å². The van der Waals surface area contributed by atoms with E-state index in [2.05, 4.69) is 29.2 Å². The SMILES string of the molecule is C[C@@H](CC[C@@H](COC(=O)N1C(C)(C)COC1(C)C)N(Cc1ccccc1)Cc1ccccc1)OC(=O)N1C(C)(C)COC1(C)C. The number of rotatable bonds is 11. The van der Waals surface area contributed by atoms with Crippen LogP contribution in [0.3, 0.4) is 0 Å². The van der Waals surface area contributed by atoms with Gasteiger partial charge in [0.05, 0.1) is 24.3 Å². The minimum absolute atomic E-state index is 0.145. The predicted molar refractivity (Wildman–Crippen MR) is 174 cm³/mol. The minimum atomic E-state index is -0.770. The molecule has 2 heterocycles. The fourth-order valence-electron chi connectivity index (χ4n) is 6.62. The molecule has 2 fully saturated rings. The molecule has 0 bridgehead atoms. The molecule has 0 unspecified atom stereocenters. The normalized spacial score (nSPS) is 21.0. The van der Waals surface area contributed by atoms with E-state index in [0.29, 0.717) is 39.1 Å². The molecule has 2 saturated heterocycles. The summed E-state index contributed by atoms with van der Waals surface area (Å²) >= 11 is 0. The lowest BCUT2D eigenvalue weighted by Crippen LogP contribution is -2.53. The van der Waals surface area contributed by atoms with Gasteiger partial charge < -0.3 is 18.9 Å². The van der Waals surface area contributed by atoms with Gasteiger partial charge in [0.1, 0.15) is 24.2 Å². The molecule has 2 aromatic rings. The van der Waals surface area contributed by atoms with Crippen molar-refractivity contribution in [2.45, 2.75) is 123 Å². The molecule has 2 amide bonds. The quantitative estimate of drug-likeness (QED) is 0.262. The van der Waals surface area contributed by atoms with Crippen LogP contribution < -0.4 is 0 Å². The van der Waals surface area contributed by atoms with Crippen molar-refractivity contribution in [1.82, 2.24) is 14.7 Å². The van der Waals surface area contributed by atoms with Crippen LogP contribution in [0.5, 0.6) is 0 Å². The number of nitrogens with zero attached hydrogens (tertiary/aromatic N) is 3. The maximum Gasteiger partial charge on any atom is 0.412 e. The number of hydrogen-bond acceptors (Lipinski definition) is 7. The molecule has 0 saturated carbocycles. The fraction of sp³-hybridized carbons (Fsp3) is 0.611. The maximum absolute atomic E-state index is 13.6. The third kappa shape index (κ3) is 8.57. The fourth-order valence-corrected chi connectivity index (χ4v) is 6.62. The molecule has 0 spiro atoms. The summed E-state index contributed by atoms with van der Waals surface area (Å²) < 4.78 is 23.9. The summed E-state index contributed by atoms with van der Waals surface area (Å²) in [5, 5.41) is 0. The number of hydrogen-bond donors (Lipinski definition) is 0. The Balaban J connectivity index is 1.53. The molecule has 45 heavy (non-hydrogen) atoms. The Morgan fingerprint density at radius 2 is 1.18 bits per heavy atom. The summed E-state index contributed by atoms with van der Waals surface area (Å²) in [6.07, 6.45) is 0.0938. The molecule has 0 N–H and O–H groups in total. The van der Waals surface area contributed by atoms with Crippen molar-refractivity contribution in [3.8, 4) is 0 Å². The summed E-state index contributed by atoms with van der Waals surface area (Å²) in [7, 11) is 0. The van der Waals surface area contributed by atoms with Crippen LogP contribution in [0.1, 0.15) is 86.3 Å². The summed E-state index contributed by atoms with van der Waals surface area (Å²) in [5.41, 5.74) is -0.156. The van der Waals surface area contributed by atoms with E-state index in [-0.39, 0.29) is 24.8 Å². The number of benzene rings is 2. The van der Waals surface area contributed by atoms with Crippen molar-refractivity contribution in [3.63, 3.8) is 0 Å². The molecular formula is C36H53N3O6.